The van der Waals surface area contributed by atoms with Gasteiger partial charge in [0.15, 0.2) is 11.6 Å². The Hall–Kier alpha value is -2.24. The lowest BCUT2D eigenvalue weighted by Crippen LogP contribution is -2.08. The summed E-state index contributed by atoms with van der Waals surface area (Å²) in [7, 11) is 0. The fourth-order valence-electron chi connectivity index (χ4n) is 1.62. The van der Waals surface area contributed by atoms with E-state index in [1.54, 1.807) is 12.3 Å². The van der Waals surface area contributed by atoms with Gasteiger partial charge in [0.25, 0.3) is 6.47 Å². The second kappa shape index (κ2) is 5.39. The largest absolute Gasteiger partial charge is 0.459 e. The Morgan fingerprint density at radius 3 is 2.78 bits per heavy atom. The Balaban J connectivity index is 2.23. The number of rotatable bonds is 5. The minimum atomic E-state index is -0.975. The lowest BCUT2D eigenvalue weighted by molar-refractivity contribution is -0.133. The molecule has 0 aliphatic rings. The van der Waals surface area contributed by atoms with E-state index in [4.69, 9.17) is 4.74 Å². The maximum Gasteiger partial charge on any atom is 0.293 e. The van der Waals surface area contributed by atoms with Gasteiger partial charge in [0.2, 0.25) is 0 Å². The van der Waals surface area contributed by atoms with Crippen molar-refractivity contribution >= 4 is 6.47 Å². The highest BCUT2D eigenvalue weighted by atomic mass is 19.2. The topological polar surface area (TPSA) is 55.0 Å². The number of halogens is 2. The molecule has 2 aromatic rings. The van der Waals surface area contributed by atoms with Crippen LogP contribution in [0, 0.1) is 11.6 Å². The maximum atomic E-state index is 13.1. The van der Waals surface area contributed by atoms with Crippen molar-refractivity contribution < 1.29 is 18.3 Å². The predicted octanol–water partition coefficient (Wildman–Crippen LogP) is 2.14. The van der Waals surface area contributed by atoms with Gasteiger partial charge in [-0.3, -0.25) is 9.89 Å². The molecule has 1 atom stereocenters. The van der Waals surface area contributed by atoms with E-state index in [1.807, 2.05) is 0 Å². The quantitative estimate of drug-likeness (QED) is 0.829. The van der Waals surface area contributed by atoms with Gasteiger partial charge >= 0.3 is 0 Å². The van der Waals surface area contributed by atoms with Gasteiger partial charge in [0.05, 0.1) is 0 Å². The van der Waals surface area contributed by atoms with Crippen LogP contribution in [0.2, 0.25) is 0 Å². The summed E-state index contributed by atoms with van der Waals surface area (Å²) in [4.78, 5) is 10.5. The SMILES string of the molecule is O=COC(Cc1ccn[nH]1)c1ccc(F)c(F)c1. The zero-order valence-corrected chi connectivity index (χ0v) is 9.27. The van der Waals surface area contributed by atoms with Gasteiger partial charge in [0.1, 0.15) is 6.10 Å². The van der Waals surface area contributed by atoms with E-state index in [2.05, 4.69) is 10.2 Å². The number of ether oxygens (including phenoxy) is 1. The van der Waals surface area contributed by atoms with Gasteiger partial charge in [-0.1, -0.05) is 6.07 Å². The van der Waals surface area contributed by atoms with Gasteiger partial charge in [-0.15, -0.1) is 0 Å². The van der Waals surface area contributed by atoms with Crippen molar-refractivity contribution in [1.82, 2.24) is 10.2 Å². The molecule has 0 saturated heterocycles. The number of H-pyrrole nitrogens is 1. The molecule has 1 N–H and O–H groups in total. The zero-order valence-electron chi connectivity index (χ0n) is 9.27. The smallest absolute Gasteiger partial charge is 0.293 e. The predicted molar refractivity (Wildman–Crippen MR) is 58.5 cm³/mol. The van der Waals surface area contributed by atoms with Crippen LogP contribution >= 0.6 is 0 Å². The fourth-order valence-corrected chi connectivity index (χ4v) is 1.62. The number of carbonyl (C=O) groups excluding carboxylic acids is 1. The number of benzene rings is 1. The lowest BCUT2D eigenvalue weighted by atomic mass is 10.0. The Kier molecular flexibility index (Phi) is 3.66. The normalized spacial score (nSPS) is 12.1. The Morgan fingerprint density at radius 1 is 1.33 bits per heavy atom. The molecular formula is C12H10F2N2O2. The number of hydrogen-bond acceptors (Lipinski definition) is 3. The zero-order chi connectivity index (χ0) is 13.0. The molecule has 0 spiro atoms. The number of hydrogen-bond donors (Lipinski definition) is 1. The van der Waals surface area contributed by atoms with Crippen molar-refractivity contribution in [3.63, 3.8) is 0 Å². The first-order valence-corrected chi connectivity index (χ1v) is 5.23. The third kappa shape index (κ3) is 2.71. The number of nitrogens with zero attached hydrogens (tertiary/aromatic N) is 1. The highest BCUT2D eigenvalue weighted by Crippen LogP contribution is 2.22. The summed E-state index contributed by atoms with van der Waals surface area (Å²) in [6.07, 6.45) is 1.18. The van der Waals surface area contributed by atoms with Gasteiger partial charge in [-0.05, 0) is 23.8 Å². The molecule has 1 aromatic heterocycles. The molecule has 18 heavy (non-hydrogen) atoms. The number of carbonyl (C=O) groups is 1. The first kappa shape index (κ1) is 12.2. The van der Waals surface area contributed by atoms with Crippen LogP contribution in [-0.2, 0) is 16.0 Å². The average molecular weight is 252 g/mol. The number of nitrogens with one attached hydrogen (secondary N) is 1. The van der Waals surface area contributed by atoms with Crippen molar-refractivity contribution in [2.45, 2.75) is 12.5 Å². The third-order valence-corrected chi connectivity index (χ3v) is 2.50. The molecule has 0 radical (unpaired) electrons. The molecule has 2 rings (SSSR count). The summed E-state index contributed by atoms with van der Waals surface area (Å²) < 4.78 is 30.8. The van der Waals surface area contributed by atoms with E-state index in [1.165, 1.54) is 6.07 Å². The van der Waals surface area contributed by atoms with E-state index >= 15 is 0 Å². The first-order valence-electron chi connectivity index (χ1n) is 5.23. The molecule has 0 aliphatic heterocycles. The van der Waals surface area contributed by atoms with E-state index in [0.717, 1.165) is 17.8 Å². The standard InChI is InChI=1S/C12H10F2N2O2/c13-10-2-1-8(5-11(10)14)12(18-7-17)6-9-3-4-15-16-9/h1-5,7,12H,6H2,(H,15,16). The summed E-state index contributed by atoms with van der Waals surface area (Å²) in [6, 6.07) is 5.10. The van der Waals surface area contributed by atoms with Crippen LogP contribution in [0.1, 0.15) is 17.4 Å². The van der Waals surface area contributed by atoms with Gasteiger partial charge < -0.3 is 4.74 Å². The van der Waals surface area contributed by atoms with Crippen LogP contribution in [0.15, 0.2) is 30.5 Å². The molecule has 1 unspecified atom stereocenters. The molecule has 0 aliphatic carbocycles. The third-order valence-electron chi connectivity index (χ3n) is 2.50. The van der Waals surface area contributed by atoms with Crippen molar-refractivity contribution in [2.24, 2.45) is 0 Å². The summed E-state index contributed by atoms with van der Waals surface area (Å²) in [5, 5.41) is 6.47. The monoisotopic (exact) mass is 252 g/mol. The van der Waals surface area contributed by atoms with E-state index in [9.17, 15) is 13.6 Å². The summed E-state index contributed by atoms with van der Waals surface area (Å²) in [6.45, 7) is 0.280. The Labute approximate surface area is 102 Å². The molecule has 1 aromatic carbocycles. The minimum Gasteiger partial charge on any atom is -0.459 e. The molecule has 0 fully saturated rings. The Bertz CT molecular complexity index is 529. The minimum absolute atomic E-state index is 0.280. The maximum absolute atomic E-state index is 13.1. The number of aromatic amines is 1. The fraction of sp³-hybridized carbons (Fsp3) is 0.167. The van der Waals surface area contributed by atoms with Crippen LogP contribution in [0.5, 0.6) is 0 Å². The van der Waals surface area contributed by atoms with Crippen LogP contribution in [0.25, 0.3) is 0 Å². The van der Waals surface area contributed by atoms with Crippen molar-refractivity contribution in [3.8, 4) is 0 Å². The first-order chi connectivity index (χ1) is 8.70. The summed E-state index contributed by atoms with van der Waals surface area (Å²) >= 11 is 0. The van der Waals surface area contributed by atoms with Crippen LogP contribution < -0.4 is 0 Å². The van der Waals surface area contributed by atoms with Crippen LogP contribution in [0.4, 0.5) is 8.78 Å². The highest BCUT2D eigenvalue weighted by molar-refractivity contribution is 5.39. The van der Waals surface area contributed by atoms with Gasteiger partial charge in [-0.25, -0.2) is 8.78 Å². The van der Waals surface area contributed by atoms with Gasteiger partial charge in [0, 0.05) is 18.3 Å². The second-order valence-electron chi connectivity index (χ2n) is 3.68. The second-order valence-corrected chi connectivity index (χ2v) is 3.68. The summed E-state index contributed by atoms with van der Waals surface area (Å²) in [5.41, 5.74) is 1.11. The molecule has 0 bridgehead atoms. The van der Waals surface area contributed by atoms with E-state index in [-0.39, 0.29) is 6.47 Å². The molecule has 0 saturated carbocycles. The average Bonchev–Trinajstić information content (AvgIpc) is 2.85. The molecule has 4 nitrogen and oxygen atoms in total. The van der Waals surface area contributed by atoms with Crippen molar-refractivity contribution in [2.75, 3.05) is 0 Å². The molecule has 94 valence electrons. The molecule has 1 heterocycles. The van der Waals surface area contributed by atoms with Crippen molar-refractivity contribution in [3.05, 3.63) is 53.4 Å². The highest BCUT2D eigenvalue weighted by Gasteiger charge is 2.16. The van der Waals surface area contributed by atoms with Crippen LogP contribution in [-0.4, -0.2) is 16.7 Å². The van der Waals surface area contributed by atoms with Gasteiger partial charge in [-0.2, -0.15) is 5.10 Å². The van der Waals surface area contributed by atoms with E-state index in [0.29, 0.717) is 12.0 Å². The van der Waals surface area contributed by atoms with Crippen molar-refractivity contribution in [1.29, 1.82) is 0 Å². The number of aromatic nitrogens is 2. The van der Waals surface area contributed by atoms with Crippen LogP contribution in [0.3, 0.4) is 0 Å². The van der Waals surface area contributed by atoms with E-state index < -0.39 is 17.7 Å². The molecule has 6 heteroatoms. The summed E-state index contributed by atoms with van der Waals surface area (Å²) in [5.74, 6) is -1.92. The molecular weight excluding hydrogens is 242 g/mol. The Morgan fingerprint density at radius 2 is 2.17 bits per heavy atom. The molecule has 0 amide bonds. The lowest BCUT2D eigenvalue weighted by Gasteiger charge is -2.14.